The minimum atomic E-state index is -3.82. The first kappa shape index (κ1) is 23.5. The van der Waals surface area contributed by atoms with E-state index in [1.807, 2.05) is 0 Å². The molecule has 0 amide bonds. The maximum Gasteiger partial charge on any atom is 0.291 e. The molecule has 3 rings (SSSR count). The van der Waals surface area contributed by atoms with Gasteiger partial charge in [0, 0.05) is 30.5 Å². The molecule has 2 aromatic carbocycles. The lowest BCUT2D eigenvalue weighted by atomic mass is 9.79. The van der Waals surface area contributed by atoms with Gasteiger partial charge in [-0.3, -0.25) is 4.39 Å². The van der Waals surface area contributed by atoms with Crippen molar-refractivity contribution in [1.29, 1.82) is 0 Å². The third kappa shape index (κ3) is 4.29. The van der Waals surface area contributed by atoms with Gasteiger partial charge in [0.25, 0.3) is 5.92 Å². The van der Waals surface area contributed by atoms with E-state index in [4.69, 9.17) is 27.3 Å². The van der Waals surface area contributed by atoms with E-state index in [-0.39, 0.29) is 27.5 Å². The van der Waals surface area contributed by atoms with Crippen molar-refractivity contribution >= 4 is 44.4 Å². The molecule has 0 aliphatic carbocycles. The van der Waals surface area contributed by atoms with Gasteiger partial charge < -0.3 is 9.80 Å². The Morgan fingerprint density at radius 2 is 1.74 bits per heavy atom. The molecule has 0 aromatic heterocycles. The minimum Gasteiger partial charge on any atom is -0.363 e. The number of nitrogens with zero attached hydrogens (tertiary/aromatic N) is 2. The van der Waals surface area contributed by atoms with Crippen LogP contribution in [0, 0.1) is 5.82 Å². The molecule has 2 atom stereocenters. The summed E-state index contributed by atoms with van der Waals surface area (Å²) in [7, 11) is 12.1. The molecule has 1 saturated heterocycles. The molecule has 160 valence electrons. The van der Waals surface area contributed by atoms with E-state index in [1.54, 1.807) is 0 Å². The largest absolute Gasteiger partial charge is 0.363 e. The van der Waals surface area contributed by atoms with Gasteiger partial charge in [0.2, 0.25) is 0 Å². The molecule has 1 fully saturated rings. The summed E-state index contributed by atoms with van der Waals surface area (Å²) in [6.07, 6.45) is 0. The molecule has 2 aromatic rings. The maximum atomic E-state index is 14.9. The van der Waals surface area contributed by atoms with Crippen LogP contribution in [0.1, 0.15) is 18.1 Å². The Kier molecular flexibility index (Phi) is 5.89. The quantitative estimate of drug-likeness (QED) is 0.450. The Bertz CT molecular complexity index is 990. The molecule has 31 heavy (non-hydrogen) atoms. The van der Waals surface area contributed by atoms with Gasteiger partial charge in [0.05, 0.1) is 22.8 Å². The summed E-state index contributed by atoms with van der Waals surface area (Å²) in [5.74, 6) is -4.54. The molecule has 1 heterocycles. The highest BCUT2D eigenvalue weighted by Gasteiger charge is 2.58. The van der Waals surface area contributed by atoms with Crippen molar-refractivity contribution < 1.29 is 22.0 Å². The molecular weight excluding hydrogens is 432 g/mol. The normalized spacial score (nSPS) is 22.3. The van der Waals surface area contributed by atoms with E-state index < -0.39 is 36.0 Å². The lowest BCUT2D eigenvalue weighted by molar-refractivity contribution is -0.0588. The second-order valence-electron chi connectivity index (χ2n) is 7.80. The fourth-order valence-corrected chi connectivity index (χ4v) is 3.71. The third-order valence-electron chi connectivity index (χ3n) is 5.32. The van der Waals surface area contributed by atoms with Crippen LogP contribution in [0.25, 0.3) is 5.70 Å². The molecule has 4 radical (unpaired) electrons. The zero-order chi connectivity index (χ0) is 23.4. The molecular formula is C21H18B2ClF5N2. The van der Waals surface area contributed by atoms with Crippen LogP contribution in [0.4, 0.5) is 33.3 Å². The molecule has 10 heteroatoms. The van der Waals surface area contributed by atoms with E-state index in [1.165, 1.54) is 49.2 Å². The van der Waals surface area contributed by atoms with Crippen LogP contribution in [0.3, 0.4) is 0 Å². The average Bonchev–Trinajstić information content (AvgIpc) is 2.89. The van der Waals surface area contributed by atoms with Gasteiger partial charge >= 0.3 is 0 Å². The van der Waals surface area contributed by atoms with Crippen molar-refractivity contribution in [2.45, 2.75) is 24.0 Å². The zero-order valence-corrected chi connectivity index (χ0v) is 17.7. The van der Waals surface area contributed by atoms with E-state index in [2.05, 4.69) is 6.58 Å². The van der Waals surface area contributed by atoms with Gasteiger partial charge in [-0.15, -0.1) is 0 Å². The van der Waals surface area contributed by atoms with E-state index in [0.29, 0.717) is 5.69 Å². The SMILES string of the molecule is [B]C(C)(F)c1ccc(N(C)c2c(F)ccc(Cl)c2C(=C)N2CC([B])(F)C(F)(F)C2)cc1. The topological polar surface area (TPSA) is 6.48 Å². The second-order valence-corrected chi connectivity index (χ2v) is 8.21. The monoisotopic (exact) mass is 450 g/mol. The average molecular weight is 450 g/mol. The smallest absolute Gasteiger partial charge is 0.291 e. The molecule has 0 bridgehead atoms. The fourth-order valence-electron chi connectivity index (χ4n) is 3.45. The van der Waals surface area contributed by atoms with Gasteiger partial charge in [-0.25, -0.2) is 17.6 Å². The van der Waals surface area contributed by atoms with E-state index in [9.17, 15) is 22.0 Å². The molecule has 2 nitrogen and oxygen atoms in total. The fraction of sp³-hybridized carbons (Fsp3) is 0.333. The van der Waals surface area contributed by atoms with E-state index in [0.717, 1.165) is 11.0 Å². The molecule has 1 aliphatic heterocycles. The Hall–Kier alpha value is -2.15. The van der Waals surface area contributed by atoms with Gasteiger partial charge in [-0.1, -0.05) is 30.3 Å². The lowest BCUT2D eigenvalue weighted by Crippen LogP contribution is -2.43. The molecule has 1 aliphatic rings. The molecule has 0 saturated carbocycles. The lowest BCUT2D eigenvalue weighted by Gasteiger charge is -2.29. The first-order valence-corrected chi connectivity index (χ1v) is 9.63. The number of hydrogen-bond acceptors (Lipinski definition) is 2. The Labute approximate surface area is 185 Å². The van der Waals surface area contributed by atoms with Crippen LogP contribution < -0.4 is 4.90 Å². The van der Waals surface area contributed by atoms with Crippen molar-refractivity contribution in [1.82, 2.24) is 4.90 Å². The Morgan fingerprint density at radius 1 is 1.16 bits per heavy atom. The summed E-state index contributed by atoms with van der Waals surface area (Å²) in [5.41, 5.74) is -4.84. The zero-order valence-electron chi connectivity index (χ0n) is 16.9. The second kappa shape index (κ2) is 7.76. The number of halogens is 6. The van der Waals surface area contributed by atoms with Crippen LogP contribution in [0.5, 0.6) is 0 Å². The van der Waals surface area contributed by atoms with Crippen molar-refractivity contribution in [2.24, 2.45) is 0 Å². The van der Waals surface area contributed by atoms with Crippen LogP contribution in [0.15, 0.2) is 43.0 Å². The summed E-state index contributed by atoms with van der Waals surface area (Å²) >= 11 is 6.27. The standard InChI is InChI=1S/C21H18B2ClF5N2/c1-12(31-10-20(23,27)21(28,29)11-31)17-15(24)8-9-16(25)18(17)30(3)14-6-4-13(5-7-14)19(2,22)26/h4-9H,1,10-11H2,2-3H3. The summed E-state index contributed by atoms with van der Waals surface area (Å²) in [6.45, 7) is 3.07. The Morgan fingerprint density at radius 3 is 2.23 bits per heavy atom. The number of hydrogen-bond donors (Lipinski definition) is 0. The number of anilines is 2. The van der Waals surface area contributed by atoms with Gasteiger partial charge in [0.15, 0.2) is 0 Å². The highest BCUT2D eigenvalue weighted by atomic mass is 35.5. The van der Waals surface area contributed by atoms with Crippen molar-refractivity contribution in [3.05, 3.63) is 64.9 Å². The summed E-state index contributed by atoms with van der Waals surface area (Å²) in [4.78, 5) is 2.33. The van der Waals surface area contributed by atoms with Crippen molar-refractivity contribution in [3.63, 3.8) is 0 Å². The van der Waals surface area contributed by atoms with Crippen LogP contribution in [0.2, 0.25) is 5.02 Å². The predicted octanol–water partition coefficient (Wildman–Crippen LogP) is 5.31. The van der Waals surface area contributed by atoms with Crippen LogP contribution >= 0.6 is 11.6 Å². The molecule has 0 N–H and O–H groups in total. The first-order chi connectivity index (χ1) is 14.2. The van der Waals surface area contributed by atoms with Gasteiger partial charge in [-0.05, 0) is 36.8 Å². The number of benzene rings is 2. The third-order valence-corrected chi connectivity index (χ3v) is 5.64. The highest BCUT2D eigenvalue weighted by molar-refractivity contribution is 6.33. The van der Waals surface area contributed by atoms with Crippen LogP contribution in [-0.2, 0) is 5.57 Å². The van der Waals surface area contributed by atoms with E-state index >= 15 is 0 Å². The highest BCUT2D eigenvalue weighted by Crippen LogP contribution is 2.44. The summed E-state index contributed by atoms with van der Waals surface area (Å²) in [6, 6.07) is 8.27. The molecule has 2 unspecified atom stereocenters. The Balaban J connectivity index is 2.03. The molecule has 0 spiro atoms. The predicted molar refractivity (Wildman–Crippen MR) is 115 cm³/mol. The van der Waals surface area contributed by atoms with Gasteiger partial charge in [0.1, 0.15) is 27.1 Å². The van der Waals surface area contributed by atoms with Crippen LogP contribution in [-0.4, -0.2) is 52.2 Å². The van der Waals surface area contributed by atoms with Crippen molar-refractivity contribution in [2.75, 3.05) is 25.0 Å². The van der Waals surface area contributed by atoms with Gasteiger partial charge in [-0.2, -0.15) is 0 Å². The maximum absolute atomic E-state index is 14.9. The summed E-state index contributed by atoms with van der Waals surface area (Å²) < 4.78 is 70.9. The number of alkyl halides is 4. The number of rotatable bonds is 5. The summed E-state index contributed by atoms with van der Waals surface area (Å²) in [5, 5.41) is 0.0276. The number of likely N-dealkylation sites (tertiary alicyclic amines) is 1. The van der Waals surface area contributed by atoms with Crippen molar-refractivity contribution in [3.8, 4) is 0 Å². The first-order valence-electron chi connectivity index (χ1n) is 9.25. The minimum absolute atomic E-state index is 0.0101.